The van der Waals surface area contributed by atoms with Crippen LogP contribution in [0.2, 0.25) is 0 Å². The summed E-state index contributed by atoms with van der Waals surface area (Å²) in [6, 6.07) is -17.4. The maximum atomic E-state index is 10.0. The third-order valence-electron chi connectivity index (χ3n) is 10.0. The molecule has 0 aliphatic rings. The maximum absolute atomic E-state index is 10.0. The summed E-state index contributed by atoms with van der Waals surface area (Å²) >= 11 is 0. The fourth-order valence-corrected chi connectivity index (χ4v) is 7.38. The van der Waals surface area contributed by atoms with Gasteiger partial charge in [-0.2, -0.15) is 0 Å². The third-order valence-corrected chi connectivity index (χ3v) is 10.0. The van der Waals surface area contributed by atoms with Crippen molar-refractivity contribution in [3.63, 3.8) is 0 Å². The molecule has 0 unspecified atom stereocenters. The van der Waals surface area contributed by atoms with E-state index in [9.17, 15) is 16.4 Å². The van der Waals surface area contributed by atoms with Gasteiger partial charge in [-0.1, -0.05) is 194 Å². The van der Waals surface area contributed by atoms with Gasteiger partial charge >= 0.3 is 0 Å². The summed E-state index contributed by atoms with van der Waals surface area (Å²) < 4.78 is 279. The molecule has 0 amide bonds. The number of rotatable bonds is 6. The highest BCUT2D eigenvalue weighted by Crippen LogP contribution is 2.51. The van der Waals surface area contributed by atoms with Crippen molar-refractivity contribution in [3.05, 3.63) is 218 Å². The van der Waals surface area contributed by atoms with Gasteiger partial charge in [0.05, 0.1) is 57.9 Å². The van der Waals surface area contributed by atoms with Gasteiger partial charge < -0.3 is 4.42 Å². The Hall–Kier alpha value is -8.14. The number of hydrogen-bond acceptors (Lipinski definition) is 3. The van der Waals surface area contributed by atoms with Crippen molar-refractivity contribution in [1.29, 1.82) is 0 Å². The Morgan fingerprint density at radius 2 is 0.951 bits per heavy atom. The van der Waals surface area contributed by atoms with Crippen LogP contribution in [0, 0.1) is 0 Å². The first-order valence-corrected chi connectivity index (χ1v) is 18.3. The van der Waals surface area contributed by atoms with Crippen molar-refractivity contribution in [2.75, 3.05) is 0 Å². The summed E-state index contributed by atoms with van der Waals surface area (Å²) in [7, 11) is 0. The molecule has 0 fully saturated rings. The molecule has 3 nitrogen and oxygen atoms in total. The second-order valence-electron chi connectivity index (χ2n) is 13.3. The molecule has 9 aromatic carbocycles. The molecular weight excluding hydrogens is 741 g/mol. The van der Waals surface area contributed by atoms with E-state index in [2.05, 4.69) is 9.97 Å². The fourth-order valence-electron chi connectivity index (χ4n) is 7.38. The monoisotopic (exact) mass is 806 g/mol. The molecule has 61 heavy (non-hydrogen) atoms. The van der Waals surface area contributed by atoms with Gasteiger partial charge in [0, 0.05) is 44.8 Å². The Balaban J connectivity index is 1.24. The minimum absolute atomic E-state index is 0.0360. The number of pyridine rings is 2. The van der Waals surface area contributed by atoms with Gasteiger partial charge in [0.25, 0.3) is 0 Å². The Labute approximate surface area is 395 Å². The molecule has 0 bridgehead atoms. The van der Waals surface area contributed by atoms with E-state index in [4.69, 9.17) is 29.1 Å². The SMILES string of the molecule is [2H]c1nc2c(c([2H])c1[2H])c([2H])c([2H])c1c([2H])c([2H])c(-c3ccc(-c4c([2H])c([2H])c(-c5c(-c6c([2H])c([2H])c([2H])c([2H])c6[2H])oc(-c6c([2H])c7c([2H])c([2H])c([2H])c([2H])c7c7c([2H])c([2H])c([2H])c([2H])c67)c5-c5c([2H])c([2H])c([2H])c([2H])c5[2H])c([2H])c4[2H])c4ccccc34)nc12. The maximum Gasteiger partial charge on any atom is 0.143 e. The zero-order valence-electron chi connectivity index (χ0n) is 60.8. The van der Waals surface area contributed by atoms with Gasteiger partial charge in [-0.25, -0.2) is 4.98 Å². The average molecular weight is 807 g/mol. The van der Waals surface area contributed by atoms with E-state index in [-0.39, 0.29) is 49.4 Å². The van der Waals surface area contributed by atoms with E-state index in [1.165, 1.54) is 24.3 Å². The molecule has 3 heteroatoms. The molecule has 0 saturated heterocycles. The van der Waals surface area contributed by atoms with Crippen molar-refractivity contribution < 1.29 is 45.5 Å². The Bertz CT molecular complexity index is 5340. The standard InChI is InChI=1S/C58H36N2O/c1-3-14-38(15-4-1)54-53(57(42-16-5-2-6-17-42)61-58(54)51-36-43-18-7-8-20-44(43)46-21-10-12-24-49(46)51)39-27-25-37(26-28-39)45-32-33-50(48-23-11-9-22-47(45)48)52-34-31-41-30-29-40-19-13-35-59-55(40)56(41)60-52/h1-36H/i1D,2D,3D,4D,5D,6D,7D,8D,10D,12D,13D,14D,15D,16D,17D,18D,19D,20D,21D,24D,25D,26D,27D,28D,29D,30D,31D,34D,35D,36D. The second kappa shape index (κ2) is 14.3. The van der Waals surface area contributed by atoms with Crippen molar-refractivity contribution >= 4 is 54.1 Å². The molecule has 12 rings (SSSR count). The van der Waals surface area contributed by atoms with Gasteiger partial charge in [0.15, 0.2) is 0 Å². The Morgan fingerprint density at radius 1 is 0.377 bits per heavy atom. The average Bonchev–Trinajstić information content (AvgIpc) is 1.69. The second-order valence-corrected chi connectivity index (χ2v) is 13.3. The van der Waals surface area contributed by atoms with Crippen LogP contribution in [0.25, 0.3) is 121 Å². The van der Waals surface area contributed by atoms with Crippen LogP contribution in [-0.4, -0.2) is 9.97 Å². The highest BCUT2D eigenvalue weighted by atomic mass is 16.3. The molecular formula is C58H36N2O. The summed E-state index contributed by atoms with van der Waals surface area (Å²) in [6.45, 7) is 0. The zero-order valence-corrected chi connectivity index (χ0v) is 30.8. The van der Waals surface area contributed by atoms with E-state index in [0.717, 1.165) is 0 Å². The summed E-state index contributed by atoms with van der Waals surface area (Å²) in [5.74, 6) is -2.00. The van der Waals surface area contributed by atoms with Gasteiger partial charge in [0.2, 0.25) is 0 Å². The lowest BCUT2D eigenvalue weighted by molar-refractivity contribution is 0.599. The van der Waals surface area contributed by atoms with E-state index >= 15 is 0 Å². The number of benzene rings is 9. The molecule has 3 heterocycles. The molecule has 3 aromatic heterocycles. The fraction of sp³-hybridized carbons (Fsp3) is 0. The van der Waals surface area contributed by atoms with Crippen LogP contribution >= 0.6 is 0 Å². The normalized spacial score (nSPS) is 18.5. The van der Waals surface area contributed by atoms with E-state index in [0.29, 0.717) is 0 Å². The third kappa shape index (κ3) is 5.82. The topological polar surface area (TPSA) is 38.9 Å². The van der Waals surface area contributed by atoms with Crippen LogP contribution < -0.4 is 0 Å². The van der Waals surface area contributed by atoms with Gasteiger partial charge in [-0.05, 0) is 72.7 Å². The summed E-state index contributed by atoms with van der Waals surface area (Å²) in [5.41, 5.74) is -6.49. The highest BCUT2D eigenvalue weighted by Gasteiger charge is 2.27. The van der Waals surface area contributed by atoms with Crippen molar-refractivity contribution in [3.8, 4) is 67.3 Å². The lowest BCUT2D eigenvalue weighted by Crippen LogP contribution is -1.91. The predicted molar refractivity (Wildman–Crippen MR) is 254 cm³/mol. The highest BCUT2D eigenvalue weighted by molar-refractivity contribution is 6.16. The lowest BCUT2D eigenvalue weighted by Gasteiger charge is -2.14. The van der Waals surface area contributed by atoms with E-state index in [1.807, 2.05) is 0 Å². The number of hydrogen-bond donors (Lipinski definition) is 0. The van der Waals surface area contributed by atoms with Crippen LogP contribution in [0.15, 0.2) is 222 Å². The van der Waals surface area contributed by atoms with Gasteiger partial charge in [-0.3, -0.25) is 4.98 Å². The first-order valence-electron chi connectivity index (χ1n) is 33.3. The van der Waals surface area contributed by atoms with Crippen LogP contribution in [0.3, 0.4) is 0 Å². The first kappa shape index (κ1) is 16.1. The quantitative estimate of drug-likeness (QED) is 0.157. The van der Waals surface area contributed by atoms with Crippen LogP contribution in [0.4, 0.5) is 0 Å². The lowest BCUT2D eigenvalue weighted by atomic mass is 9.88. The molecule has 0 atom stereocenters. The molecule has 284 valence electrons. The minimum Gasteiger partial charge on any atom is -0.455 e. The molecule has 0 saturated carbocycles. The smallest absolute Gasteiger partial charge is 0.143 e. The van der Waals surface area contributed by atoms with Crippen molar-refractivity contribution in [2.45, 2.75) is 0 Å². The zero-order chi connectivity index (χ0) is 66.4. The van der Waals surface area contributed by atoms with E-state index in [1.54, 1.807) is 12.1 Å². The predicted octanol–water partition coefficient (Wildman–Crippen LogP) is 15.8. The summed E-state index contributed by atoms with van der Waals surface area (Å²) in [5, 5.41) is -2.93. The van der Waals surface area contributed by atoms with Crippen molar-refractivity contribution in [2.24, 2.45) is 0 Å². The summed E-state index contributed by atoms with van der Waals surface area (Å²) in [6.07, 6.45) is -0.662. The van der Waals surface area contributed by atoms with Crippen LogP contribution in [-0.2, 0) is 0 Å². The molecule has 0 radical (unpaired) electrons. The Morgan fingerprint density at radius 3 is 1.74 bits per heavy atom. The largest absolute Gasteiger partial charge is 0.455 e. The van der Waals surface area contributed by atoms with E-state index < -0.39 is 253 Å². The molecule has 0 spiro atoms. The minimum atomic E-state index is -1.09. The van der Waals surface area contributed by atoms with Gasteiger partial charge in [-0.15, -0.1) is 0 Å². The molecule has 0 aliphatic carbocycles. The van der Waals surface area contributed by atoms with Crippen molar-refractivity contribution in [1.82, 2.24) is 9.97 Å². The number of fused-ring (bicyclic) bond motifs is 7. The van der Waals surface area contributed by atoms with Crippen LogP contribution in [0.5, 0.6) is 0 Å². The first-order chi connectivity index (χ1) is 42.7. The number of nitrogens with zero attached hydrogens (tertiary/aromatic N) is 2. The van der Waals surface area contributed by atoms with Crippen LogP contribution in [0.1, 0.15) is 41.1 Å². The molecule has 0 aliphatic heterocycles. The van der Waals surface area contributed by atoms with Gasteiger partial charge in [0.1, 0.15) is 11.5 Å². The summed E-state index contributed by atoms with van der Waals surface area (Å²) in [4.78, 5) is 8.80. The Kier molecular flexibility index (Phi) is 3.78. The number of aromatic nitrogens is 2. The molecule has 0 N–H and O–H groups in total. The number of furan rings is 1. The molecule has 12 aromatic rings.